The largest absolute Gasteiger partial charge is 0.369 e. The minimum absolute atomic E-state index is 0.271. The first-order chi connectivity index (χ1) is 7.49. The van der Waals surface area contributed by atoms with E-state index in [1.807, 2.05) is 6.92 Å². The minimum atomic E-state index is -0.337. The SMILES string of the molecule is C=C(C)CSc1nnc(S[C@@H](C)C(N)=O)s1. The van der Waals surface area contributed by atoms with Gasteiger partial charge in [-0.2, -0.15) is 0 Å². The Hall–Kier alpha value is -0.530. The topological polar surface area (TPSA) is 68.9 Å². The van der Waals surface area contributed by atoms with E-state index < -0.39 is 0 Å². The van der Waals surface area contributed by atoms with E-state index in [1.165, 1.54) is 23.1 Å². The van der Waals surface area contributed by atoms with Crippen molar-refractivity contribution in [2.45, 2.75) is 27.8 Å². The number of aromatic nitrogens is 2. The highest BCUT2D eigenvalue weighted by Crippen LogP contribution is 2.31. The Kier molecular flexibility index (Phi) is 5.30. The van der Waals surface area contributed by atoms with Crippen LogP contribution >= 0.6 is 34.9 Å². The molecule has 0 aliphatic rings. The van der Waals surface area contributed by atoms with Crippen molar-refractivity contribution in [2.24, 2.45) is 5.73 Å². The van der Waals surface area contributed by atoms with Crippen LogP contribution in [0.4, 0.5) is 0 Å². The highest BCUT2D eigenvalue weighted by Gasteiger charge is 2.14. The van der Waals surface area contributed by atoms with E-state index in [4.69, 9.17) is 5.73 Å². The molecule has 0 unspecified atom stereocenters. The molecule has 1 rings (SSSR count). The lowest BCUT2D eigenvalue weighted by Gasteiger charge is -2.01. The molecule has 88 valence electrons. The lowest BCUT2D eigenvalue weighted by molar-refractivity contribution is -0.117. The van der Waals surface area contributed by atoms with E-state index in [0.29, 0.717) is 0 Å². The first-order valence-electron chi connectivity index (χ1n) is 4.55. The van der Waals surface area contributed by atoms with E-state index in [9.17, 15) is 4.79 Å². The number of nitrogens with zero attached hydrogens (tertiary/aromatic N) is 2. The predicted octanol–water partition coefficient (Wildman–Crippen LogP) is 2.17. The molecule has 0 bridgehead atoms. The third kappa shape index (κ3) is 4.54. The second kappa shape index (κ2) is 6.27. The lowest BCUT2D eigenvalue weighted by atomic mass is 10.4. The number of carbonyl (C=O) groups is 1. The van der Waals surface area contributed by atoms with Gasteiger partial charge in [0.2, 0.25) is 5.91 Å². The maximum Gasteiger partial charge on any atom is 0.230 e. The van der Waals surface area contributed by atoms with Crippen LogP contribution in [-0.2, 0) is 4.79 Å². The predicted molar refractivity (Wildman–Crippen MR) is 70.0 cm³/mol. The van der Waals surface area contributed by atoms with Crippen molar-refractivity contribution >= 4 is 40.8 Å². The van der Waals surface area contributed by atoms with Crippen LogP contribution in [0.5, 0.6) is 0 Å². The molecule has 0 saturated heterocycles. The van der Waals surface area contributed by atoms with Crippen LogP contribution in [0.3, 0.4) is 0 Å². The third-order valence-corrected chi connectivity index (χ3v) is 5.00. The zero-order valence-electron chi connectivity index (χ0n) is 9.10. The van der Waals surface area contributed by atoms with Crippen molar-refractivity contribution in [2.75, 3.05) is 5.75 Å². The van der Waals surface area contributed by atoms with Gasteiger partial charge in [0.05, 0.1) is 5.25 Å². The molecule has 16 heavy (non-hydrogen) atoms. The first-order valence-corrected chi connectivity index (χ1v) is 7.24. The number of rotatable bonds is 6. The second-order valence-corrected chi connectivity index (χ2v) is 7.03. The fraction of sp³-hybridized carbons (Fsp3) is 0.444. The van der Waals surface area contributed by atoms with Gasteiger partial charge in [0.15, 0.2) is 8.68 Å². The van der Waals surface area contributed by atoms with Crippen molar-refractivity contribution < 1.29 is 4.79 Å². The molecule has 0 radical (unpaired) electrons. The highest BCUT2D eigenvalue weighted by molar-refractivity contribution is 8.04. The Bertz CT molecular complexity index is 391. The van der Waals surface area contributed by atoms with Gasteiger partial charge in [-0.3, -0.25) is 4.79 Å². The van der Waals surface area contributed by atoms with Crippen molar-refractivity contribution in [1.29, 1.82) is 0 Å². The van der Waals surface area contributed by atoms with Crippen molar-refractivity contribution in [1.82, 2.24) is 10.2 Å². The summed E-state index contributed by atoms with van der Waals surface area (Å²) in [7, 11) is 0. The molecule has 1 heterocycles. The average Bonchev–Trinajstić information content (AvgIpc) is 2.62. The molecule has 0 aliphatic heterocycles. The summed E-state index contributed by atoms with van der Waals surface area (Å²) in [6.07, 6.45) is 0. The van der Waals surface area contributed by atoms with Crippen LogP contribution in [0.2, 0.25) is 0 Å². The maximum absolute atomic E-state index is 10.9. The van der Waals surface area contributed by atoms with Gasteiger partial charge in [0, 0.05) is 5.75 Å². The minimum Gasteiger partial charge on any atom is -0.369 e. The molecular formula is C9H13N3OS3. The number of carbonyl (C=O) groups excluding carboxylic acids is 1. The molecule has 1 aromatic heterocycles. The number of hydrogen-bond donors (Lipinski definition) is 1. The first kappa shape index (κ1) is 13.5. The van der Waals surface area contributed by atoms with Gasteiger partial charge >= 0.3 is 0 Å². The molecule has 0 aliphatic carbocycles. The molecule has 7 heteroatoms. The van der Waals surface area contributed by atoms with Crippen molar-refractivity contribution in [3.8, 4) is 0 Å². The number of amides is 1. The van der Waals surface area contributed by atoms with Gasteiger partial charge in [-0.25, -0.2) is 0 Å². The summed E-state index contributed by atoms with van der Waals surface area (Å²) in [5.41, 5.74) is 6.27. The molecule has 0 fully saturated rings. The van der Waals surface area contributed by atoms with Crippen molar-refractivity contribution in [3.63, 3.8) is 0 Å². The summed E-state index contributed by atoms with van der Waals surface area (Å²) in [5, 5.41) is 7.74. The Labute approximate surface area is 107 Å². The standard InChI is InChI=1S/C9H13N3OS3/c1-5(2)4-14-8-11-12-9(16-8)15-6(3)7(10)13/h6H,1,4H2,2-3H3,(H2,10,13)/t6-/m0/s1. The fourth-order valence-corrected chi connectivity index (χ4v) is 3.65. The number of hydrogen-bond acceptors (Lipinski definition) is 6. The molecule has 0 saturated carbocycles. The number of thioether (sulfide) groups is 2. The molecule has 1 amide bonds. The second-order valence-electron chi connectivity index (χ2n) is 3.24. The van der Waals surface area contributed by atoms with E-state index in [2.05, 4.69) is 16.8 Å². The summed E-state index contributed by atoms with van der Waals surface area (Å²) in [6, 6.07) is 0. The monoisotopic (exact) mass is 275 g/mol. The smallest absolute Gasteiger partial charge is 0.230 e. The molecule has 1 aromatic rings. The molecule has 2 N–H and O–H groups in total. The van der Waals surface area contributed by atoms with Crippen molar-refractivity contribution in [3.05, 3.63) is 12.2 Å². The lowest BCUT2D eigenvalue weighted by Crippen LogP contribution is -2.22. The van der Waals surface area contributed by atoms with E-state index >= 15 is 0 Å². The Balaban J connectivity index is 2.51. The molecule has 1 atom stereocenters. The van der Waals surface area contributed by atoms with Crippen LogP contribution in [0.25, 0.3) is 0 Å². The Morgan fingerprint density at radius 1 is 1.56 bits per heavy atom. The number of nitrogens with two attached hydrogens (primary N) is 1. The van der Waals surface area contributed by atoms with Crippen LogP contribution in [0.15, 0.2) is 20.8 Å². The molecule has 0 spiro atoms. The highest BCUT2D eigenvalue weighted by atomic mass is 32.2. The summed E-state index contributed by atoms with van der Waals surface area (Å²) in [6.45, 7) is 7.55. The molecular weight excluding hydrogens is 262 g/mol. The number of primary amides is 1. The van der Waals surface area contributed by atoms with Gasteiger partial charge in [-0.15, -0.1) is 10.2 Å². The summed E-state index contributed by atoms with van der Waals surface area (Å²) in [5.74, 6) is 0.501. The van der Waals surface area contributed by atoms with Gasteiger partial charge in [0.25, 0.3) is 0 Å². The fourth-order valence-electron chi connectivity index (χ4n) is 0.697. The van der Waals surface area contributed by atoms with Crippen LogP contribution < -0.4 is 5.73 Å². The van der Waals surface area contributed by atoms with Gasteiger partial charge in [-0.1, -0.05) is 47.0 Å². The quantitative estimate of drug-likeness (QED) is 0.636. The zero-order chi connectivity index (χ0) is 12.1. The average molecular weight is 275 g/mol. The van der Waals surface area contributed by atoms with Gasteiger partial charge in [0.1, 0.15) is 0 Å². The molecule has 4 nitrogen and oxygen atoms in total. The van der Waals surface area contributed by atoms with E-state index in [0.717, 1.165) is 20.0 Å². The Morgan fingerprint density at radius 2 is 2.19 bits per heavy atom. The summed E-state index contributed by atoms with van der Waals surface area (Å²) >= 11 is 4.42. The van der Waals surface area contributed by atoms with E-state index in [-0.39, 0.29) is 11.2 Å². The maximum atomic E-state index is 10.9. The molecule has 0 aromatic carbocycles. The zero-order valence-corrected chi connectivity index (χ0v) is 11.5. The van der Waals surface area contributed by atoms with Crippen LogP contribution in [-0.4, -0.2) is 27.1 Å². The van der Waals surface area contributed by atoms with E-state index in [1.54, 1.807) is 18.7 Å². The summed E-state index contributed by atoms with van der Waals surface area (Å²) < 4.78 is 1.66. The third-order valence-electron chi connectivity index (χ3n) is 1.51. The van der Waals surface area contributed by atoms with Gasteiger partial charge in [-0.05, 0) is 13.8 Å². The summed E-state index contributed by atoms with van der Waals surface area (Å²) in [4.78, 5) is 10.9. The van der Waals surface area contributed by atoms with Gasteiger partial charge < -0.3 is 5.73 Å². The normalized spacial score (nSPS) is 12.4. The van der Waals surface area contributed by atoms with Crippen LogP contribution in [0, 0.1) is 0 Å². The van der Waals surface area contributed by atoms with Crippen LogP contribution in [0.1, 0.15) is 13.8 Å². The Morgan fingerprint density at radius 3 is 2.75 bits per heavy atom.